The number of fused-ring (bicyclic) bond motifs is 2. The number of para-hydroxylation sites is 2. The average molecular weight is 2540 g/mol. The molecule has 1 aliphatic heterocycles. The number of aryl methyl sites for hydroxylation is 3. The number of esters is 1. The van der Waals surface area contributed by atoms with Crippen molar-refractivity contribution in [2.75, 3.05) is 44.6 Å². The molecule has 147 heavy (non-hydrogen) atoms. The molecule has 0 radical (unpaired) electrons. The highest BCUT2D eigenvalue weighted by atomic mass is 35.7. The molecule has 3 aromatic carbocycles. The summed E-state index contributed by atoms with van der Waals surface area (Å²) in [6.07, 6.45) is 11.0. The van der Waals surface area contributed by atoms with E-state index in [-0.39, 0.29) is 86.1 Å². The Morgan fingerprint density at radius 3 is 1.49 bits per heavy atom. The highest BCUT2D eigenvalue weighted by Crippen LogP contribution is 2.38. The predicted octanol–water partition coefficient (Wildman–Crippen LogP) is 18.0. The number of hydrogen-bond acceptors (Lipinski definition) is 43. The van der Waals surface area contributed by atoms with E-state index in [1.807, 2.05) is 53.6 Å². The molecule has 0 aliphatic carbocycles. The lowest BCUT2D eigenvalue weighted by molar-refractivity contribution is -0.383. The van der Waals surface area contributed by atoms with E-state index < -0.39 is 106 Å². The molecule has 17 rings (SSSR count). The average Bonchev–Trinajstić information content (AvgIpc) is 1.63. The number of anilines is 1. The lowest BCUT2D eigenvalue weighted by atomic mass is 10.2. The number of rotatable bonds is 19. The van der Waals surface area contributed by atoms with Crippen LogP contribution in [-0.2, 0) is 114 Å². The minimum absolute atomic E-state index is 0.00231. The van der Waals surface area contributed by atoms with E-state index >= 15 is 0 Å². The summed E-state index contributed by atoms with van der Waals surface area (Å²) in [7, 11) is 18.7. The number of non-ortho nitro benzene ring substituents is 2. The molecular formula is C76H66Cl11N17O28S15. The van der Waals surface area contributed by atoms with Crippen molar-refractivity contribution in [2.45, 2.75) is 79.9 Å². The number of nitro groups is 2. The zero-order valence-electron chi connectivity index (χ0n) is 74.7. The van der Waals surface area contributed by atoms with Crippen LogP contribution in [0.5, 0.6) is 0 Å². The van der Waals surface area contributed by atoms with Crippen molar-refractivity contribution in [1.29, 1.82) is 0 Å². The van der Waals surface area contributed by atoms with Crippen molar-refractivity contribution < 1.29 is 113 Å². The van der Waals surface area contributed by atoms with Crippen LogP contribution in [0, 0.1) is 47.9 Å². The number of methoxy groups -OCH3 is 1. The molecule has 13 aromatic heterocycles. The molecule has 1 fully saturated rings. The van der Waals surface area contributed by atoms with Crippen LogP contribution in [0.15, 0.2) is 252 Å². The number of thioether (sulfide) groups is 1. The summed E-state index contributed by atoms with van der Waals surface area (Å²) in [4.78, 5) is 60.7. The van der Waals surface area contributed by atoms with E-state index in [1.54, 1.807) is 76.6 Å². The molecule has 16 aromatic rings. The summed E-state index contributed by atoms with van der Waals surface area (Å²) in [5, 5.41) is 33.3. The standard InChI is InChI=1S/C10H9ClN2O2S.C9H11ClN2O3S.C9H7ClN2O2S3.C9H6ClNO2S2.2C8H5ClN2O4S.C7H8ClNO4S.C6H2Cl2N2O2S3.C6H9ClN2O2S.C4H4ClNO3S/c1-8-10(16(11,14)15)7-12-13(8)9-5-3-2-4-6-9;10-16(13,14)8-1-2-9(11-7-8)12-3-5-15-6-4-12;1-15-9-11-5-4-6(12-9)7-2-3-8(16-7)17(10,13)14;10-15(12,13)9-5-4-8(14-9)7-3-1-2-6-11-7;9-16(14,15)7-4-10-5-2-1-3-6(8(5)7)11(12)13;9-16(14,15)7-4-10-8-5(7)2-1-3-6(8)11(12)13;1-9-5(7(10)13-2)3-4-6(9)14(8,11)12;7-6-9-5(10-14-6)3-1-2-4(13-3)15(8,11)12;1-4-6(12(7,10)11)5(2)9(3)8-4;1-3-4(2-6-9-3)10(5,7)8/h2-7H,1H3;1-2,7H,3-6H2;2-5H,1H3;1-6H;2*1-4,10H;3-4H,1-2H3;1-2H;1-3H3;2H,1H3. The van der Waals surface area contributed by atoms with Gasteiger partial charge in [-0.05, 0) is 154 Å². The second-order valence-electron chi connectivity index (χ2n) is 27.7. The van der Waals surface area contributed by atoms with Crippen molar-refractivity contribution in [3.8, 4) is 37.5 Å². The van der Waals surface area contributed by atoms with Gasteiger partial charge in [-0.3, -0.25) is 29.9 Å². The fourth-order valence-electron chi connectivity index (χ4n) is 11.7. The quantitative estimate of drug-likeness (QED) is 0.0190. The first-order valence-corrected chi connectivity index (χ1v) is 66.7. The number of hydrogen-bond donors (Lipinski definition) is 2. The van der Waals surface area contributed by atoms with Crippen LogP contribution in [0.1, 0.15) is 33.3 Å². The van der Waals surface area contributed by atoms with Crippen LogP contribution in [-0.4, -0.2) is 208 Å². The monoisotopic (exact) mass is 2530 g/mol. The van der Waals surface area contributed by atoms with E-state index in [4.69, 9.17) is 123 Å². The van der Waals surface area contributed by atoms with Gasteiger partial charge in [0, 0.05) is 183 Å². The molecule has 0 atom stereocenters. The Labute approximate surface area is 907 Å². The van der Waals surface area contributed by atoms with Crippen LogP contribution in [0.25, 0.3) is 59.3 Å². The van der Waals surface area contributed by atoms with E-state index in [9.17, 15) is 109 Å². The minimum Gasteiger partial charge on any atom is -0.464 e. The maximum atomic E-state index is 11.2. The van der Waals surface area contributed by atoms with Gasteiger partial charge in [-0.2, -0.15) is 14.6 Å². The second-order valence-corrected chi connectivity index (χ2v) is 59.2. The third kappa shape index (κ3) is 35.4. The van der Waals surface area contributed by atoms with Gasteiger partial charge < -0.3 is 33.4 Å². The lowest BCUT2D eigenvalue weighted by Crippen LogP contribution is -2.36. The summed E-state index contributed by atoms with van der Waals surface area (Å²) < 4.78 is 244. The van der Waals surface area contributed by atoms with E-state index in [1.165, 1.54) is 127 Å². The number of nitrogens with zero attached hydrogens (tertiary/aromatic N) is 15. The van der Waals surface area contributed by atoms with Crippen molar-refractivity contribution >= 4 is 311 Å². The number of nitro benzene ring substituents is 2. The summed E-state index contributed by atoms with van der Waals surface area (Å²) in [6, 6.07) is 39.9. The second kappa shape index (κ2) is 52.2. The number of morpholine rings is 1. The van der Waals surface area contributed by atoms with Gasteiger partial charge in [-0.15, -0.1) is 34.0 Å². The fourth-order valence-corrected chi connectivity index (χ4v) is 26.3. The first-order chi connectivity index (χ1) is 68.2. The molecular weight excluding hydrogens is 2470 g/mol. The van der Waals surface area contributed by atoms with E-state index in [2.05, 4.69) is 63.9 Å². The van der Waals surface area contributed by atoms with Gasteiger partial charge in [0.05, 0.1) is 102 Å². The van der Waals surface area contributed by atoms with Crippen LogP contribution >= 0.6 is 176 Å². The molecule has 0 bridgehead atoms. The first kappa shape index (κ1) is 123. The summed E-state index contributed by atoms with van der Waals surface area (Å²) in [5.41, 5.74) is 3.88. The number of pyridine rings is 2. The third-order valence-corrected chi connectivity index (χ3v) is 39.0. The molecule has 14 heterocycles. The number of benzene rings is 3. The molecule has 1 aliphatic rings. The van der Waals surface area contributed by atoms with Crippen LogP contribution < -0.4 is 4.90 Å². The normalized spacial score (nSPS) is 12.3. The Balaban J connectivity index is 0.000000200. The van der Waals surface area contributed by atoms with Gasteiger partial charge in [0.1, 0.15) is 59.0 Å². The molecule has 790 valence electrons. The van der Waals surface area contributed by atoms with E-state index in [0.29, 0.717) is 61.8 Å². The zero-order chi connectivity index (χ0) is 110. The lowest BCUT2D eigenvalue weighted by Gasteiger charge is -2.27. The number of thiophene rings is 3. The Morgan fingerprint density at radius 2 is 1.05 bits per heavy atom. The van der Waals surface area contributed by atoms with Gasteiger partial charge >= 0.3 is 5.97 Å². The number of halogens is 11. The summed E-state index contributed by atoms with van der Waals surface area (Å²) in [6.45, 7) is 9.27. The Bertz CT molecular complexity index is 8720. The van der Waals surface area contributed by atoms with Crippen molar-refractivity contribution in [1.82, 2.24) is 68.5 Å². The van der Waals surface area contributed by atoms with Gasteiger partial charge in [0.15, 0.2) is 21.8 Å². The number of carbonyl (C=O) groups is 1. The number of H-pyrrole nitrogens is 2. The Morgan fingerprint density at radius 1 is 0.510 bits per heavy atom. The summed E-state index contributed by atoms with van der Waals surface area (Å²) >= 11 is 11.3. The SMILES string of the molecule is COC(=O)c1ccc(S(=O)(=O)Cl)n1C.CSc1nccc(-c2ccc(S(=O)(=O)Cl)s2)n1.Cc1c(S(=O)(=O)Cl)cnn1-c1ccccc1.Cc1nn(C)c(C)c1S(=O)(=O)Cl.Cc1oncc1S(=O)(=O)Cl.O=S(=O)(Cl)c1ccc(-c2ccccn2)s1.O=S(=O)(Cl)c1ccc(-c2nsc(Cl)n2)s1.O=S(=O)(Cl)c1ccc(N2CCOCC2)nc1.O=[N+]([O-])c1cccc2[nH]cc(S(=O)(=O)Cl)c12.O=[N+]([O-])c1cccc2c(S(=O)(=O)Cl)c[nH]c12. The first-order valence-electron chi connectivity index (χ1n) is 38.7. The van der Waals surface area contributed by atoms with Gasteiger partial charge in [-0.25, -0.2) is 114 Å². The molecule has 0 spiro atoms. The van der Waals surface area contributed by atoms with Crippen molar-refractivity contribution in [2.24, 2.45) is 14.1 Å². The van der Waals surface area contributed by atoms with Gasteiger partial charge in [-0.1, -0.05) is 59.4 Å². The maximum absolute atomic E-state index is 11.2. The highest BCUT2D eigenvalue weighted by Gasteiger charge is 2.29. The topological polar surface area (TPSA) is 642 Å². The number of carbonyl (C=O) groups excluding carboxylic acids is 1. The number of nitrogens with one attached hydrogen (secondary N) is 2. The fraction of sp³-hybridized carbons (Fsp3) is 0.158. The molecule has 2 N–H and O–H groups in total. The van der Waals surface area contributed by atoms with Gasteiger partial charge in [0.2, 0.25) is 4.47 Å². The molecule has 0 saturated carbocycles. The largest absolute Gasteiger partial charge is 0.464 e. The van der Waals surface area contributed by atoms with E-state index in [0.717, 1.165) is 109 Å². The highest BCUT2D eigenvalue weighted by molar-refractivity contribution is 8.17. The molecule has 1 saturated heterocycles. The minimum atomic E-state index is -4.01. The maximum Gasteiger partial charge on any atom is 0.354 e. The summed E-state index contributed by atoms with van der Waals surface area (Å²) in [5.74, 6) is 0.753. The smallest absolute Gasteiger partial charge is 0.354 e. The molecule has 0 amide bonds. The van der Waals surface area contributed by atoms with Crippen LogP contribution in [0.2, 0.25) is 4.47 Å². The van der Waals surface area contributed by atoms with Crippen molar-refractivity contribution in [3.05, 3.63) is 248 Å². The number of aromatic nitrogens is 14. The van der Waals surface area contributed by atoms with Crippen LogP contribution in [0.4, 0.5) is 17.2 Å². The van der Waals surface area contributed by atoms with Gasteiger partial charge in [0.25, 0.3) is 102 Å². The number of aromatic amines is 2. The molecule has 45 nitrogen and oxygen atoms in total. The Kier molecular flexibility index (Phi) is 43.7. The number of ether oxygens (including phenoxy) is 2. The van der Waals surface area contributed by atoms with Crippen LogP contribution in [0.3, 0.4) is 0 Å². The van der Waals surface area contributed by atoms with Crippen molar-refractivity contribution in [3.63, 3.8) is 0 Å². The molecule has 0 unspecified atom stereocenters. The third-order valence-electron chi connectivity index (χ3n) is 18.2. The molecule has 71 heteroatoms. The predicted molar refractivity (Wildman–Crippen MR) is 559 cm³/mol. The zero-order valence-corrected chi connectivity index (χ0v) is 95.3. The Hall–Kier alpha value is -9.24.